The van der Waals surface area contributed by atoms with E-state index in [-0.39, 0.29) is 0 Å². The number of nitrogens with zero attached hydrogens (tertiary/aromatic N) is 1. The van der Waals surface area contributed by atoms with Crippen LogP contribution in [-0.4, -0.2) is 30.6 Å². The Kier molecular flexibility index (Phi) is 4.69. The average Bonchev–Trinajstić information content (AvgIpc) is 2.56. The summed E-state index contributed by atoms with van der Waals surface area (Å²) in [6, 6.07) is 21.8. The molecule has 0 unspecified atom stereocenters. The maximum atomic E-state index is 6.35. The van der Waals surface area contributed by atoms with Crippen LogP contribution in [0.2, 0.25) is 0 Å². The Bertz CT molecular complexity index is 538. The Hall–Kier alpha value is -1.64. The normalized spacial score (nSPS) is 23.1. The van der Waals surface area contributed by atoms with Crippen molar-refractivity contribution in [3.63, 3.8) is 0 Å². The van der Waals surface area contributed by atoms with Crippen molar-refractivity contribution in [3.8, 4) is 0 Å². The molecular weight excluding hydrogens is 256 g/mol. The first kappa shape index (κ1) is 14.3. The highest BCUT2D eigenvalue weighted by atomic mass is 15.1. The van der Waals surface area contributed by atoms with Crippen LogP contribution in [0.15, 0.2) is 60.7 Å². The highest BCUT2D eigenvalue weighted by Crippen LogP contribution is 2.26. The van der Waals surface area contributed by atoms with Crippen molar-refractivity contribution in [2.45, 2.75) is 24.8 Å². The molecule has 0 amide bonds. The molecule has 0 bridgehead atoms. The second kappa shape index (κ2) is 6.88. The predicted octanol–water partition coefficient (Wildman–Crippen LogP) is 3.05. The monoisotopic (exact) mass is 280 g/mol. The third kappa shape index (κ3) is 3.72. The van der Waals surface area contributed by atoms with Gasteiger partial charge in [0.05, 0.1) is 0 Å². The number of nitrogens with two attached hydrogens (primary N) is 1. The van der Waals surface area contributed by atoms with Gasteiger partial charge in [-0.2, -0.15) is 0 Å². The van der Waals surface area contributed by atoms with Gasteiger partial charge in [-0.3, -0.25) is 0 Å². The largest absolute Gasteiger partial charge is 0.327 e. The van der Waals surface area contributed by atoms with E-state index < -0.39 is 0 Å². The van der Waals surface area contributed by atoms with E-state index in [1.807, 2.05) is 0 Å². The molecular formula is C19H24N2. The number of rotatable bonds is 4. The summed E-state index contributed by atoms with van der Waals surface area (Å²) in [6.07, 6.45) is 2.21. The molecule has 2 atom stereocenters. The topological polar surface area (TPSA) is 29.3 Å². The molecule has 1 heterocycles. The smallest absolute Gasteiger partial charge is 0.0132 e. The number of likely N-dealkylation sites (tertiary alicyclic amines) is 1. The molecule has 1 aliphatic heterocycles. The van der Waals surface area contributed by atoms with Crippen LogP contribution in [0.5, 0.6) is 0 Å². The Morgan fingerprint density at radius 1 is 0.952 bits per heavy atom. The zero-order valence-corrected chi connectivity index (χ0v) is 12.5. The van der Waals surface area contributed by atoms with Gasteiger partial charge in [0.2, 0.25) is 0 Å². The Morgan fingerprint density at radius 3 is 2.33 bits per heavy atom. The van der Waals surface area contributed by atoms with Crippen LogP contribution >= 0.6 is 0 Å². The number of benzene rings is 2. The molecule has 1 fully saturated rings. The zero-order chi connectivity index (χ0) is 14.5. The molecule has 2 N–H and O–H groups in total. The van der Waals surface area contributed by atoms with Gasteiger partial charge in [-0.25, -0.2) is 0 Å². The summed E-state index contributed by atoms with van der Waals surface area (Å²) in [7, 11) is 0. The minimum Gasteiger partial charge on any atom is -0.327 e. The van der Waals surface area contributed by atoms with Gasteiger partial charge in [0.15, 0.2) is 0 Å². The van der Waals surface area contributed by atoms with Gasteiger partial charge in [-0.1, -0.05) is 60.7 Å². The highest BCUT2D eigenvalue weighted by Gasteiger charge is 2.27. The van der Waals surface area contributed by atoms with E-state index >= 15 is 0 Å². The van der Waals surface area contributed by atoms with Crippen LogP contribution in [0.1, 0.15) is 23.5 Å². The van der Waals surface area contributed by atoms with Gasteiger partial charge < -0.3 is 10.6 Å². The van der Waals surface area contributed by atoms with Crippen LogP contribution in [0.3, 0.4) is 0 Å². The number of hydrogen-bond donors (Lipinski definition) is 1. The third-order valence-corrected chi connectivity index (χ3v) is 4.54. The molecule has 2 aromatic carbocycles. The van der Waals surface area contributed by atoms with Gasteiger partial charge in [0.1, 0.15) is 0 Å². The summed E-state index contributed by atoms with van der Waals surface area (Å²) >= 11 is 0. The SMILES string of the molecule is N[C@H]1CCN(CCc2ccccc2)C[C@@H]1c1ccccc1. The fraction of sp³-hybridized carbons (Fsp3) is 0.368. The van der Waals surface area contributed by atoms with Gasteiger partial charge in [0, 0.05) is 25.0 Å². The van der Waals surface area contributed by atoms with Crippen molar-refractivity contribution in [2.75, 3.05) is 19.6 Å². The van der Waals surface area contributed by atoms with Gasteiger partial charge in [0.25, 0.3) is 0 Å². The fourth-order valence-electron chi connectivity index (χ4n) is 3.23. The number of piperidine rings is 1. The Morgan fingerprint density at radius 2 is 1.62 bits per heavy atom. The van der Waals surface area contributed by atoms with Crippen LogP contribution in [0, 0.1) is 0 Å². The van der Waals surface area contributed by atoms with Crippen molar-refractivity contribution in [1.29, 1.82) is 0 Å². The summed E-state index contributed by atoms with van der Waals surface area (Å²) in [5.41, 5.74) is 9.16. The molecule has 21 heavy (non-hydrogen) atoms. The molecule has 1 saturated heterocycles. The maximum Gasteiger partial charge on any atom is 0.0132 e. The second-order valence-electron chi connectivity index (χ2n) is 6.01. The second-order valence-corrected chi connectivity index (χ2v) is 6.01. The van der Waals surface area contributed by atoms with Crippen molar-refractivity contribution in [1.82, 2.24) is 4.90 Å². The highest BCUT2D eigenvalue weighted by molar-refractivity contribution is 5.22. The molecule has 2 heteroatoms. The minimum absolute atomic E-state index is 0.292. The Labute approximate surface area is 127 Å². The van der Waals surface area contributed by atoms with Crippen LogP contribution in [0.25, 0.3) is 0 Å². The maximum absolute atomic E-state index is 6.35. The van der Waals surface area contributed by atoms with E-state index in [0.717, 1.165) is 32.5 Å². The van der Waals surface area contributed by atoms with Crippen molar-refractivity contribution in [2.24, 2.45) is 5.73 Å². The standard InChI is InChI=1S/C19H24N2/c20-19-12-14-21(13-11-16-7-3-1-4-8-16)15-18(19)17-9-5-2-6-10-17/h1-10,18-19H,11-15,20H2/t18-,19+/m1/s1. The average molecular weight is 280 g/mol. The van der Waals surface area contributed by atoms with E-state index in [0.29, 0.717) is 12.0 Å². The minimum atomic E-state index is 0.292. The van der Waals surface area contributed by atoms with Gasteiger partial charge in [-0.05, 0) is 30.5 Å². The fourth-order valence-corrected chi connectivity index (χ4v) is 3.23. The van der Waals surface area contributed by atoms with E-state index in [1.165, 1.54) is 11.1 Å². The number of hydrogen-bond acceptors (Lipinski definition) is 2. The third-order valence-electron chi connectivity index (χ3n) is 4.54. The molecule has 0 saturated carbocycles. The molecule has 0 aliphatic carbocycles. The molecule has 0 spiro atoms. The first-order valence-corrected chi connectivity index (χ1v) is 7.90. The molecule has 3 rings (SSSR count). The summed E-state index contributed by atoms with van der Waals surface area (Å²) in [4.78, 5) is 2.56. The van der Waals surface area contributed by atoms with E-state index in [4.69, 9.17) is 5.73 Å². The molecule has 0 radical (unpaired) electrons. The molecule has 0 aromatic heterocycles. The summed E-state index contributed by atoms with van der Waals surface area (Å²) < 4.78 is 0. The lowest BCUT2D eigenvalue weighted by molar-refractivity contribution is 0.192. The lowest BCUT2D eigenvalue weighted by atomic mass is 9.86. The predicted molar refractivity (Wildman–Crippen MR) is 88.4 cm³/mol. The molecule has 2 aromatic rings. The quantitative estimate of drug-likeness (QED) is 0.932. The lowest BCUT2D eigenvalue weighted by Gasteiger charge is -2.37. The van der Waals surface area contributed by atoms with Crippen LogP contribution < -0.4 is 5.73 Å². The van der Waals surface area contributed by atoms with E-state index in [2.05, 4.69) is 65.6 Å². The Balaban J connectivity index is 1.61. The van der Waals surface area contributed by atoms with Crippen molar-refractivity contribution < 1.29 is 0 Å². The zero-order valence-electron chi connectivity index (χ0n) is 12.5. The van der Waals surface area contributed by atoms with Gasteiger partial charge >= 0.3 is 0 Å². The van der Waals surface area contributed by atoms with E-state index in [9.17, 15) is 0 Å². The van der Waals surface area contributed by atoms with Gasteiger partial charge in [-0.15, -0.1) is 0 Å². The van der Waals surface area contributed by atoms with Crippen LogP contribution in [0.4, 0.5) is 0 Å². The molecule has 110 valence electrons. The van der Waals surface area contributed by atoms with Crippen LogP contribution in [-0.2, 0) is 6.42 Å². The lowest BCUT2D eigenvalue weighted by Crippen LogP contribution is -2.46. The molecule has 2 nitrogen and oxygen atoms in total. The summed E-state index contributed by atoms with van der Waals surface area (Å²) in [6.45, 7) is 3.33. The first-order chi connectivity index (χ1) is 10.3. The summed E-state index contributed by atoms with van der Waals surface area (Å²) in [5.74, 6) is 0.468. The summed E-state index contributed by atoms with van der Waals surface area (Å²) in [5, 5.41) is 0. The van der Waals surface area contributed by atoms with E-state index in [1.54, 1.807) is 0 Å². The van der Waals surface area contributed by atoms with Crippen molar-refractivity contribution in [3.05, 3.63) is 71.8 Å². The molecule has 1 aliphatic rings. The van der Waals surface area contributed by atoms with Crippen molar-refractivity contribution >= 4 is 0 Å². The first-order valence-electron chi connectivity index (χ1n) is 7.90.